The molecule has 0 amide bonds. The van der Waals surface area contributed by atoms with Crippen LogP contribution in [0.5, 0.6) is 0 Å². The van der Waals surface area contributed by atoms with Crippen molar-refractivity contribution in [2.75, 3.05) is 0 Å². The largest absolute Gasteiger partial charge is 0.490 e. The van der Waals surface area contributed by atoms with Crippen molar-refractivity contribution in [2.45, 2.75) is 25.4 Å². The van der Waals surface area contributed by atoms with E-state index in [-0.39, 0.29) is 0 Å². The molecule has 120 valence electrons. The first-order chi connectivity index (χ1) is 10.8. The third kappa shape index (κ3) is 3.85. The monoisotopic (exact) mass is 324 g/mol. The summed E-state index contributed by atoms with van der Waals surface area (Å²) in [5.41, 5.74) is 3.03. The molecule has 0 fully saturated rings. The van der Waals surface area contributed by atoms with Crippen molar-refractivity contribution < 1.29 is 23.1 Å². The van der Waals surface area contributed by atoms with Gasteiger partial charge in [-0.1, -0.05) is 0 Å². The summed E-state index contributed by atoms with van der Waals surface area (Å²) < 4.78 is 33.8. The number of hydrogen-bond acceptors (Lipinski definition) is 4. The Morgan fingerprint density at radius 2 is 2.04 bits per heavy atom. The normalized spacial score (nSPS) is 12.8. The van der Waals surface area contributed by atoms with Crippen LogP contribution in [0, 0.1) is 11.3 Å². The summed E-state index contributed by atoms with van der Waals surface area (Å²) in [6, 6.07) is 7.96. The molecule has 1 aliphatic heterocycles. The number of benzene rings is 1. The topological polar surface area (TPSA) is 91.8 Å². The maximum absolute atomic E-state index is 10.6. The first-order valence-corrected chi connectivity index (χ1v) is 6.55. The van der Waals surface area contributed by atoms with E-state index in [1.807, 2.05) is 22.8 Å². The first-order valence-electron chi connectivity index (χ1n) is 6.55. The van der Waals surface area contributed by atoms with Gasteiger partial charge in [0.2, 0.25) is 0 Å². The Balaban J connectivity index is 0.000000236. The van der Waals surface area contributed by atoms with E-state index in [4.69, 9.17) is 15.2 Å². The molecule has 0 bridgehead atoms. The van der Waals surface area contributed by atoms with Crippen molar-refractivity contribution in [1.29, 1.82) is 5.26 Å². The van der Waals surface area contributed by atoms with Gasteiger partial charge < -0.3 is 5.11 Å². The third-order valence-corrected chi connectivity index (χ3v) is 3.18. The van der Waals surface area contributed by atoms with Gasteiger partial charge in [0.1, 0.15) is 12.2 Å². The highest BCUT2D eigenvalue weighted by Gasteiger charge is 2.38. The van der Waals surface area contributed by atoms with Gasteiger partial charge in [-0.25, -0.2) is 4.79 Å². The van der Waals surface area contributed by atoms with E-state index in [2.05, 4.69) is 16.3 Å². The van der Waals surface area contributed by atoms with Crippen molar-refractivity contribution in [1.82, 2.24) is 14.8 Å². The molecule has 2 aromatic rings. The van der Waals surface area contributed by atoms with Crippen LogP contribution in [0.3, 0.4) is 0 Å². The number of alkyl halides is 3. The molecule has 0 atom stereocenters. The van der Waals surface area contributed by atoms with E-state index in [1.54, 1.807) is 6.33 Å². The first kappa shape index (κ1) is 16.5. The summed E-state index contributed by atoms with van der Waals surface area (Å²) in [6.45, 7) is 0. The van der Waals surface area contributed by atoms with Gasteiger partial charge in [0.25, 0.3) is 0 Å². The second kappa shape index (κ2) is 6.48. The van der Waals surface area contributed by atoms with Crippen LogP contribution in [-0.2, 0) is 17.6 Å². The van der Waals surface area contributed by atoms with Gasteiger partial charge in [0.15, 0.2) is 0 Å². The minimum absolute atomic E-state index is 0.718. The lowest BCUT2D eigenvalue weighted by Crippen LogP contribution is -2.21. The predicted octanol–water partition coefficient (Wildman–Crippen LogP) is 2.26. The number of hydrogen-bond donors (Lipinski definition) is 1. The summed E-state index contributed by atoms with van der Waals surface area (Å²) in [5, 5.41) is 24.0. The maximum atomic E-state index is 10.6. The lowest BCUT2D eigenvalue weighted by molar-refractivity contribution is -0.192. The van der Waals surface area contributed by atoms with E-state index in [9.17, 15) is 13.2 Å². The number of aromatic nitrogens is 3. The fourth-order valence-corrected chi connectivity index (χ4v) is 2.16. The molecule has 1 aromatic carbocycles. The van der Waals surface area contributed by atoms with Crippen LogP contribution in [0.4, 0.5) is 13.2 Å². The molecule has 3 rings (SSSR count). The Bertz CT molecular complexity index is 762. The van der Waals surface area contributed by atoms with Crippen molar-refractivity contribution in [2.24, 2.45) is 0 Å². The fourth-order valence-electron chi connectivity index (χ4n) is 2.16. The smallest absolute Gasteiger partial charge is 0.475 e. The Kier molecular flexibility index (Phi) is 4.64. The highest BCUT2D eigenvalue weighted by molar-refractivity contribution is 5.73. The van der Waals surface area contributed by atoms with Crippen molar-refractivity contribution >= 4 is 5.97 Å². The standard InChI is InChI=1S/C12H10N4.C2HF3O2/c13-7-9-4-5-11-10(6-9)2-1-3-12-15-14-8-16(11)12;3-2(4,5)1(6)7/h4-6,8H,1-3H2;(H,6,7). The predicted molar refractivity (Wildman–Crippen MR) is 71.8 cm³/mol. The van der Waals surface area contributed by atoms with E-state index in [1.165, 1.54) is 5.56 Å². The van der Waals surface area contributed by atoms with Gasteiger partial charge >= 0.3 is 12.1 Å². The van der Waals surface area contributed by atoms with E-state index in [0.717, 1.165) is 36.3 Å². The van der Waals surface area contributed by atoms with Gasteiger partial charge in [0, 0.05) is 6.42 Å². The number of carbonyl (C=O) groups is 1. The lowest BCUT2D eigenvalue weighted by Gasteiger charge is -2.07. The molecule has 1 N–H and O–H groups in total. The van der Waals surface area contributed by atoms with Crippen LogP contribution < -0.4 is 0 Å². The fraction of sp³-hybridized carbons (Fsp3) is 0.286. The highest BCUT2D eigenvalue weighted by Crippen LogP contribution is 2.23. The molecule has 23 heavy (non-hydrogen) atoms. The minimum Gasteiger partial charge on any atom is -0.475 e. The van der Waals surface area contributed by atoms with E-state index in [0.29, 0.717) is 0 Å². The zero-order chi connectivity index (χ0) is 17.0. The van der Waals surface area contributed by atoms with Crippen LogP contribution in [0.1, 0.15) is 23.4 Å². The zero-order valence-corrected chi connectivity index (χ0v) is 11.7. The number of aryl methyl sites for hydroxylation is 2. The van der Waals surface area contributed by atoms with Crippen LogP contribution in [-0.4, -0.2) is 32.0 Å². The molecule has 1 aromatic heterocycles. The van der Waals surface area contributed by atoms with Gasteiger partial charge in [-0.05, 0) is 36.6 Å². The van der Waals surface area contributed by atoms with Crippen LogP contribution in [0.2, 0.25) is 0 Å². The summed E-state index contributed by atoms with van der Waals surface area (Å²) >= 11 is 0. The number of carboxylic acids is 1. The van der Waals surface area contributed by atoms with Crippen molar-refractivity contribution in [3.63, 3.8) is 0 Å². The van der Waals surface area contributed by atoms with Crippen LogP contribution in [0.15, 0.2) is 24.5 Å². The molecule has 0 spiro atoms. The molecule has 0 saturated heterocycles. The maximum Gasteiger partial charge on any atom is 0.490 e. The second-order valence-electron chi connectivity index (χ2n) is 4.73. The number of nitriles is 1. The molecule has 0 radical (unpaired) electrons. The Hall–Kier alpha value is -2.89. The summed E-state index contributed by atoms with van der Waals surface area (Å²) in [6.07, 6.45) is -0.350. The van der Waals surface area contributed by atoms with Gasteiger partial charge in [-0.3, -0.25) is 4.57 Å². The highest BCUT2D eigenvalue weighted by atomic mass is 19.4. The molecule has 0 aliphatic carbocycles. The summed E-state index contributed by atoms with van der Waals surface area (Å²) in [4.78, 5) is 8.90. The molecular formula is C14H11F3N4O2. The third-order valence-electron chi connectivity index (χ3n) is 3.18. The quantitative estimate of drug-likeness (QED) is 0.802. The Morgan fingerprint density at radius 1 is 1.35 bits per heavy atom. The number of nitrogens with zero attached hydrogens (tertiary/aromatic N) is 4. The average Bonchev–Trinajstić information content (AvgIpc) is 2.88. The molecule has 9 heteroatoms. The average molecular weight is 324 g/mol. The zero-order valence-electron chi connectivity index (χ0n) is 11.7. The van der Waals surface area contributed by atoms with Crippen LogP contribution in [0.25, 0.3) is 5.69 Å². The Labute approximate surface area is 128 Å². The lowest BCUT2D eigenvalue weighted by atomic mass is 10.0. The van der Waals surface area contributed by atoms with E-state index >= 15 is 0 Å². The number of carboxylic acid groups (broad SMARTS) is 1. The summed E-state index contributed by atoms with van der Waals surface area (Å²) in [5.74, 6) is -1.75. The van der Waals surface area contributed by atoms with Gasteiger partial charge in [-0.2, -0.15) is 18.4 Å². The number of rotatable bonds is 0. The number of aliphatic carboxylic acids is 1. The number of fused-ring (bicyclic) bond motifs is 3. The summed E-state index contributed by atoms with van der Waals surface area (Å²) in [7, 11) is 0. The van der Waals surface area contributed by atoms with Crippen LogP contribution >= 0.6 is 0 Å². The number of halogens is 3. The second-order valence-corrected chi connectivity index (χ2v) is 4.73. The van der Waals surface area contributed by atoms with Crippen molar-refractivity contribution in [3.8, 4) is 11.8 Å². The molecule has 0 saturated carbocycles. The molecule has 1 aliphatic rings. The van der Waals surface area contributed by atoms with Gasteiger partial charge in [0.05, 0.1) is 17.3 Å². The molecule has 0 unspecified atom stereocenters. The SMILES string of the molecule is N#Cc1ccc2c(c1)CCCc1nncn1-2.O=C(O)C(F)(F)F. The molecule has 2 heterocycles. The van der Waals surface area contributed by atoms with Gasteiger partial charge in [-0.15, -0.1) is 10.2 Å². The Morgan fingerprint density at radius 3 is 2.65 bits per heavy atom. The minimum atomic E-state index is -5.08. The van der Waals surface area contributed by atoms with E-state index < -0.39 is 12.1 Å². The molecular weight excluding hydrogens is 313 g/mol. The van der Waals surface area contributed by atoms with Crippen molar-refractivity contribution in [3.05, 3.63) is 41.5 Å². The molecule has 6 nitrogen and oxygen atoms in total.